The molecule has 1 amide bonds. The number of hydrogen-bond donors (Lipinski definition) is 1. The predicted octanol–water partition coefficient (Wildman–Crippen LogP) is 2.43. The largest absolute Gasteiger partial charge is 0.352 e. The first-order chi connectivity index (χ1) is 8.11. The van der Waals surface area contributed by atoms with Crippen LogP contribution < -0.4 is 5.32 Å². The van der Waals surface area contributed by atoms with Crippen molar-refractivity contribution in [3.8, 4) is 0 Å². The molecule has 0 aliphatic rings. The number of aryl methyl sites for hydroxylation is 1. The summed E-state index contributed by atoms with van der Waals surface area (Å²) in [6.07, 6.45) is 0. The summed E-state index contributed by atoms with van der Waals surface area (Å²) >= 11 is 0. The van der Waals surface area contributed by atoms with Gasteiger partial charge >= 0.3 is 0 Å². The molecule has 0 fully saturated rings. The van der Waals surface area contributed by atoms with Crippen LogP contribution in [0.25, 0.3) is 10.9 Å². The quantitative estimate of drug-likeness (QED) is 0.864. The second-order valence-corrected chi connectivity index (χ2v) is 3.82. The summed E-state index contributed by atoms with van der Waals surface area (Å²) in [6, 6.07) is 6.09. The van der Waals surface area contributed by atoms with Crippen molar-refractivity contribution in [1.29, 1.82) is 0 Å². The van der Waals surface area contributed by atoms with E-state index in [-0.39, 0.29) is 11.7 Å². The number of hydrogen-bond acceptors (Lipinski definition) is 2. The molecule has 0 bridgehead atoms. The second-order valence-electron chi connectivity index (χ2n) is 3.82. The molecule has 4 heteroatoms. The van der Waals surface area contributed by atoms with Crippen LogP contribution in [0.3, 0.4) is 0 Å². The average Bonchev–Trinajstić information content (AvgIpc) is 2.28. The molecule has 0 unspecified atom stereocenters. The van der Waals surface area contributed by atoms with Crippen molar-refractivity contribution in [2.24, 2.45) is 0 Å². The SMILES string of the molecule is CCNC(=O)c1cc2ccc(F)cc2nc1C. The molecule has 17 heavy (non-hydrogen) atoms. The molecule has 3 nitrogen and oxygen atoms in total. The third-order valence-electron chi connectivity index (χ3n) is 2.55. The summed E-state index contributed by atoms with van der Waals surface area (Å²) in [5, 5.41) is 3.49. The third kappa shape index (κ3) is 2.25. The van der Waals surface area contributed by atoms with Crippen LogP contribution >= 0.6 is 0 Å². The molecule has 0 aliphatic heterocycles. The molecule has 0 saturated carbocycles. The Morgan fingerprint density at radius 3 is 2.88 bits per heavy atom. The fraction of sp³-hybridized carbons (Fsp3) is 0.231. The van der Waals surface area contributed by atoms with Crippen LogP contribution in [0, 0.1) is 12.7 Å². The van der Waals surface area contributed by atoms with Crippen LogP contribution in [-0.2, 0) is 0 Å². The first-order valence-electron chi connectivity index (χ1n) is 5.47. The van der Waals surface area contributed by atoms with Gasteiger partial charge in [-0.3, -0.25) is 9.78 Å². The fourth-order valence-corrected chi connectivity index (χ4v) is 1.72. The van der Waals surface area contributed by atoms with Gasteiger partial charge in [0.05, 0.1) is 16.8 Å². The maximum atomic E-state index is 13.0. The van der Waals surface area contributed by atoms with E-state index < -0.39 is 0 Å². The van der Waals surface area contributed by atoms with Gasteiger partial charge in [0.15, 0.2) is 0 Å². The Hall–Kier alpha value is -1.97. The van der Waals surface area contributed by atoms with Crippen LogP contribution in [0.5, 0.6) is 0 Å². The number of amides is 1. The first-order valence-corrected chi connectivity index (χ1v) is 5.47. The van der Waals surface area contributed by atoms with Gasteiger partial charge in [0.2, 0.25) is 0 Å². The predicted molar refractivity (Wildman–Crippen MR) is 64.4 cm³/mol. The summed E-state index contributed by atoms with van der Waals surface area (Å²) in [5.41, 5.74) is 1.70. The van der Waals surface area contributed by atoms with Crippen LogP contribution in [-0.4, -0.2) is 17.4 Å². The van der Waals surface area contributed by atoms with E-state index in [4.69, 9.17) is 0 Å². The van der Waals surface area contributed by atoms with Crippen molar-refractivity contribution in [2.75, 3.05) is 6.54 Å². The van der Waals surface area contributed by atoms with Crippen LogP contribution in [0.1, 0.15) is 23.0 Å². The Morgan fingerprint density at radius 2 is 2.18 bits per heavy atom. The lowest BCUT2D eigenvalue weighted by molar-refractivity contribution is 0.0955. The summed E-state index contributed by atoms with van der Waals surface area (Å²) in [7, 11) is 0. The van der Waals surface area contributed by atoms with Gasteiger partial charge in [-0.15, -0.1) is 0 Å². The minimum absolute atomic E-state index is 0.149. The first kappa shape index (κ1) is 11.5. The zero-order valence-electron chi connectivity index (χ0n) is 9.75. The average molecular weight is 232 g/mol. The van der Waals surface area contributed by atoms with E-state index in [1.54, 1.807) is 19.1 Å². The molecule has 0 saturated heterocycles. The Morgan fingerprint density at radius 1 is 1.41 bits per heavy atom. The van der Waals surface area contributed by atoms with E-state index in [0.717, 1.165) is 5.39 Å². The zero-order chi connectivity index (χ0) is 12.4. The molecule has 1 N–H and O–H groups in total. The maximum Gasteiger partial charge on any atom is 0.253 e. The Labute approximate surface area is 98.7 Å². The van der Waals surface area contributed by atoms with E-state index in [1.807, 2.05) is 6.92 Å². The highest BCUT2D eigenvalue weighted by atomic mass is 19.1. The van der Waals surface area contributed by atoms with E-state index in [9.17, 15) is 9.18 Å². The Bertz CT molecular complexity index is 581. The molecule has 1 aromatic carbocycles. The number of carbonyl (C=O) groups is 1. The maximum absolute atomic E-state index is 13.0. The van der Waals surface area contributed by atoms with E-state index in [1.165, 1.54) is 12.1 Å². The van der Waals surface area contributed by atoms with E-state index in [0.29, 0.717) is 23.3 Å². The molecule has 1 aromatic heterocycles. The van der Waals surface area contributed by atoms with E-state index >= 15 is 0 Å². The van der Waals surface area contributed by atoms with Crippen LogP contribution in [0.15, 0.2) is 24.3 Å². The highest BCUT2D eigenvalue weighted by molar-refractivity contribution is 5.98. The van der Waals surface area contributed by atoms with Gasteiger partial charge in [-0.25, -0.2) is 4.39 Å². The standard InChI is InChI=1S/C13H13FN2O/c1-3-15-13(17)11-6-9-4-5-10(14)7-12(9)16-8(11)2/h4-7H,3H2,1-2H3,(H,15,17). The highest BCUT2D eigenvalue weighted by Gasteiger charge is 2.10. The normalized spacial score (nSPS) is 10.5. The second kappa shape index (κ2) is 4.49. The third-order valence-corrected chi connectivity index (χ3v) is 2.55. The molecular formula is C13H13FN2O. The number of pyridine rings is 1. The van der Waals surface area contributed by atoms with Gasteiger partial charge in [0.25, 0.3) is 5.91 Å². The smallest absolute Gasteiger partial charge is 0.253 e. The van der Waals surface area contributed by atoms with Crippen LogP contribution in [0.4, 0.5) is 4.39 Å². The number of nitrogens with zero attached hydrogens (tertiary/aromatic N) is 1. The number of halogens is 1. The van der Waals surface area contributed by atoms with Gasteiger partial charge < -0.3 is 5.32 Å². The number of fused-ring (bicyclic) bond motifs is 1. The Balaban J connectivity index is 2.55. The summed E-state index contributed by atoms with van der Waals surface area (Å²) in [5.74, 6) is -0.473. The minimum Gasteiger partial charge on any atom is -0.352 e. The molecule has 2 rings (SSSR count). The van der Waals surface area contributed by atoms with Gasteiger partial charge in [-0.2, -0.15) is 0 Å². The van der Waals surface area contributed by atoms with Crippen molar-refractivity contribution in [2.45, 2.75) is 13.8 Å². The molecule has 2 aromatic rings. The lowest BCUT2D eigenvalue weighted by Crippen LogP contribution is -2.23. The molecule has 0 radical (unpaired) electrons. The lowest BCUT2D eigenvalue weighted by atomic mass is 10.1. The lowest BCUT2D eigenvalue weighted by Gasteiger charge is -2.07. The molecule has 0 spiro atoms. The summed E-state index contributed by atoms with van der Waals surface area (Å²) in [4.78, 5) is 16.0. The number of aromatic nitrogens is 1. The van der Waals surface area contributed by atoms with Gasteiger partial charge in [-0.05, 0) is 32.0 Å². The number of rotatable bonds is 2. The van der Waals surface area contributed by atoms with Gasteiger partial charge in [-0.1, -0.05) is 0 Å². The van der Waals surface area contributed by atoms with Gasteiger partial charge in [0.1, 0.15) is 5.82 Å². The van der Waals surface area contributed by atoms with Crippen molar-refractivity contribution in [3.05, 3.63) is 41.3 Å². The minimum atomic E-state index is -0.324. The monoisotopic (exact) mass is 232 g/mol. The fourth-order valence-electron chi connectivity index (χ4n) is 1.72. The van der Waals surface area contributed by atoms with Crippen molar-refractivity contribution in [3.63, 3.8) is 0 Å². The summed E-state index contributed by atoms with van der Waals surface area (Å²) in [6.45, 7) is 4.17. The Kier molecular flexibility index (Phi) is 3.04. The van der Waals surface area contributed by atoms with E-state index in [2.05, 4.69) is 10.3 Å². The topological polar surface area (TPSA) is 42.0 Å². The molecule has 0 atom stereocenters. The van der Waals surface area contributed by atoms with Crippen molar-refractivity contribution in [1.82, 2.24) is 10.3 Å². The highest BCUT2D eigenvalue weighted by Crippen LogP contribution is 2.17. The number of nitrogens with one attached hydrogen (secondary N) is 1. The molecular weight excluding hydrogens is 219 g/mol. The molecule has 88 valence electrons. The van der Waals surface area contributed by atoms with Crippen molar-refractivity contribution < 1.29 is 9.18 Å². The molecule has 0 aliphatic carbocycles. The number of benzene rings is 1. The number of carbonyl (C=O) groups excluding carboxylic acids is 1. The van der Waals surface area contributed by atoms with Crippen LogP contribution in [0.2, 0.25) is 0 Å². The zero-order valence-corrected chi connectivity index (χ0v) is 9.75. The van der Waals surface area contributed by atoms with Crippen molar-refractivity contribution >= 4 is 16.8 Å². The van der Waals surface area contributed by atoms with Gasteiger partial charge in [0, 0.05) is 18.0 Å². The summed E-state index contributed by atoms with van der Waals surface area (Å²) < 4.78 is 13.0. The molecule has 1 heterocycles.